The zero-order valence-electron chi connectivity index (χ0n) is 9.20. The molecule has 0 aliphatic heterocycles. The van der Waals surface area contributed by atoms with Gasteiger partial charge in [0.25, 0.3) is 0 Å². The predicted octanol–water partition coefficient (Wildman–Crippen LogP) is 3.00. The Morgan fingerprint density at radius 3 is 3.06 bits per heavy atom. The van der Waals surface area contributed by atoms with E-state index in [4.69, 9.17) is 0 Å². The van der Waals surface area contributed by atoms with Gasteiger partial charge in [-0.2, -0.15) is 0 Å². The Kier molecular flexibility index (Phi) is 1.45. The van der Waals surface area contributed by atoms with Crippen LogP contribution in [0.3, 0.4) is 0 Å². The summed E-state index contributed by atoms with van der Waals surface area (Å²) in [5.41, 5.74) is 4.37. The van der Waals surface area contributed by atoms with Crippen molar-refractivity contribution in [2.45, 2.75) is 25.7 Å². The Morgan fingerprint density at radius 1 is 1.25 bits per heavy atom. The molecule has 0 aromatic heterocycles. The quantitative estimate of drug-likeness (QED) is 0.643. The normalized spacial score (nSPS) is 34.6. The number of hydrogen-bond donors (Lipinski definition) is 0. The first kappa shape index (κ1) is 8.74. The average Bonchev–Trinajstić information content (AvgIpc) is 2.88. The fourth-order valence-corrected chi connectivity index (χ4v) is 4.13. The first-order valence-corrected chi connectivity index (χ1v) is 6.16. The summed E-state index contributed by atoms with van der Waals surface area (Å²) in [6.07, 6.45) is 6.58. The number of hydrogen-bond acceptors (Lipinski definition) is 1. The summed E-state index contributed by atoms with van der Waals surface area (Å²) in [5.74, 6) is 0.692. The molecule has 1 aromatic carbocycles. The van der Waals surface area contributed by atoms with Gasteiger partial charge in [0.05, 0.1) is 0 Å². The maximum Gasteiger partial charge on any atom is 0.159 e. The van der Waals surface area contributed by atoms with Crippen LogP contribution >= 0.6 is 0 Å². The van der Waals surface area contributed by atoms with Gasteiger partial charge in [0.15, 0.2) is 5.78 Å². The Bertz CT molecular complexity index is 526. The van der Waals surface area contributed by atoms with Gasteiger partial charge in [-0.25, -0.2) is 0 Å². The second kappa shape index (κ2) is 2.65. The van der Waals surface area contributed by atoms with Crippen molar-refractivity contribution in [2.24, 2.45) is 11.3 Å². The van der Waals surface area contributed by atoms with Crippen molar-refractivity contribution in [1.29, 1.82) is 0 Å². The predicted molar refractivity (Wildman–Crippen MR) is 62.9 cm³/mol. The van der Waals surface area contributed by atoms with Crippen molar-refractivity contribution in [3.05, 3.63) is 41.5 Å². The highest BCUT2D eigenvalue weighted by atomic mass is 16.1. The monoisotopic (exact) mass is 210 g/mol. The highest BCUT2D eigenvalue weighted by molar-refractivity contribution is 6.07. The van der Waals surface area contributed by atoms with Crippen LogP contribution in [-0.4, -0.2) is 5.78 Å². The molecule has 1 spiro atoms. The van der Waals surface area contributed by atoms with Gasteiger partial charge in [0.1, 0.15) is 0 Å². The molecule has 1 saturated carbocycles. The first-order chi connectivity index (χ1) is 7.81. The van der Waals surface area contributed by atoms with Gasteiger partial charge in [-0.15, -0.1) is 0 Å². The number of rotatable bonds is 0. The Hall–Kier alpha value is -1.37. The van der Waals surface area contributed by atoms with E-state index in [2.05, 4.69) is 24.3 Å². The number of carbonyl (C=O) groups excluding carboxylic acids is 1. The largest absolute Gasteiger partial charge is 0.295 e. The molecule has 0 radical (unpaired) electrons. The summed E-state index contributed by atoms with van der Waals surface area (Å²) in [6.45, 7) is 0. The summed E-state index contributed by atoms with van der Waals surface area (Å²) in [5, 5.41) is 0. The molecule has 0 amide bonds. The highest BCUT2D eigenvalue weighted by Gasteiger charge is 2.55. The molecule has 1 aromatic rings. The maximum absolute atomic E-state index is 12.0. The molecule has 1 nitrogen and oxygen atoms in total. The summed E-state index contributed by atoms with van der Waals surface area (Å²) >= 11 is 0. The average molecular weight is 210 g/mol. The summed E-state index contributed by atoms with van der Waals surface area (Å²) in [4.78, 5) is 12.0. The van der Waals surface area contributed by atoms with Gasteiger partial charge in [0, 0.05) is 11.3 Å². The van der Waals surface area contributed by atoms with Crippen LogP contribution in [0.15, 0.2) is 30.3 Å². The molecule has 2 atom stereocenters. The third-order valence-corrected chi connectivity index (χ3v) is 4.76. The van der Waals surface area contributed by atoms with Crippen LogP contribution in [0.25, 0.3) is 5.57 Å². The van der Waals surface area contributed by atoms with E-state index in [1.807, 2.05) is 6.08 Å². The van der Waals surface area contributed by atoms with Gasteiger partial charge >= 0.3 is 0 Å². The molecule has 0 bridgehead atoms. The second-order valence-corrected chi connectivity index (χ2v) is 5.40. The van der Waals surface area contributed by atoms with E-state index in [-0.39, 0.29) is 5.41 Å². The third kappa shape index (κ3) is 0.820. The van der Waals surface area contributed by atoms with E-state index in [1.165, 1.54) is 29.5 Å². The molecular weight excluding hydrogens is 196 g/mol. The van der Waals surface area contributed by atoms with E-state index in [0.29, 0.717) is 11.7 Å². The lowest BCUT2D eigenvalue weighted by Gasteiger charge is -2.26. The van der Waals surface area contributed by atoms with Crippen molar-refractivity contribution in [3.63, 3.8) is 0 Å². The Balaban J connectivity index is 1.98. The molecule has 1 heteroatoms. The van der Waals surface area contributed by atoms with Crippen LogP contribution in [0.1, 0.15) is 30.4 Å². The lowest BCUT2D eigenvalue weighted by molar-refractivity contribution is -0.119. The van der Waals surface area contributed by atoms with Crippen molar-refractivity contribution in [1.82, 2.24) is 0 Å². The molecular formula is C15H14O. The van der Waals surface area contributed by atoms with Crippen LogP contribution in [0, 0.1) is 11.3 Å². The Labute approximate surface area is 95.2 Å². The van der Waals surface area contributed by atoms with Crippen LogP contribution in [0.2, 0.25) is 0 Å². The zero-order valence-corrected chi connectivity index (χ0v) is 9.20. The van der Waals surface area contributed by atoms with Crippen LogP contribution in [-0.2, 0) is 11.2 Å². The van der Waals surface area contributed by atoms with E-state index >= 15 is 0 Å². The molecule has 0 heterocycles. The minimum Gasteiger partial charge on any atom is -0.295 e. The van der Waals surface area contributed by atoms with Crippen molar-refractivity contribution >= 4 is 11.4 Å². The molecule has 4 rings (SSSR count). The number of carbonyl (C=O) groups is 1. The van der Waals surface area contributed by atoms with E-state index < -0.39 is 0 Å². The topological polar surface area (TPSA) is 17.1 Å². The second-order valence-electron chi connectivity index (χ2n) is 5.40. The van der Waals surface area contributed by atoms with Gasteiger partial charge < -0.3 is 0 Å². The molecule has 0 saturated heterocycles. The van der Waals surface area contributed by atoms with E-state index in [9.17, 15) is 4.79 Å². The minimum atomic E-state index is 0.209. The van der Waals surface area contributed by atoms with Crippen molar-refractivity contribution < 1.29 is 4.79 Å². The van der Waals surface area contributed by atoms with Gasteiger partial charge in [-0.3, -0.25) is 4.79 Å². The number of fused-ring (bicyclic) bond motifs is 2. The summed E-state index contributed by atoms with van der Waals surface area (Å²) < 4.78 is 0. The van der Waals surface area contributed by atoms with Crippen LogP contribution in [0.4, 0.5) is 0 Å². The zero-order chi connectivity index (χ0) is 10.8. The fraction of sp³-hybridized carbons (Fsp3) is 0.400. The van der Waals surface area contributed by atoms with E-state index in [0.717, 1.165) is 12.8 Å². The summed E-state index contributed by atoms with van der Waals surface area (Å²) in [7, 11) is 0. The lowest BCUT2D eigenvalue weighted by atomic mass is 9.76. The molecule has 1 fully saturated rings. The SMILES string of the molecule is O=C1C=C2c3ccccc3CC23CCCC13. The van der Waals surface area contributed by atoms with Gasteiger partial charge in [-0.05, 0) is 42.0 Å². The van der Waals surface area contributed by atoms with E-state index in [1.54, 1.807) is 0 Å². The maximum atomic E-state index is 12.0. The molecule has 2 unspecified atom stereocenters. The standard InChI is InChI=1S/C15H14O/c16-14-8-13-11-5-2-1-4-10(11)9-15(13)7-3-6-12(14)15/h1-2,4-5,8,12H,3,6-7,9H2. The molecule has 16 heavy (non-hydrogen) atoms. The summed E-state index contributed by atoms with van der Waals surface area (Å²) in [6, 6.07) is 8.61. The smallest absolute Gasteiger partial charge is 0.159 e. The first-order valence-electron chi connectivity index (χ1n) is 6.16. The molecule has 0 N–H and O–H groups in total. The number of ketones is 1. The molecule has 3 aliphatic rings. The number of benzene rings is 1. The molecule has 80 valence electrons. The molecule has 3 aliphatic carbocycles. The third-order valence-electron chi connectivity index (χ3n) is 4.76. The lowest BCUT2D eigenvalue weighted by Crippen LogP contribution is -2.24. The van der Waals surface area contributed by atoms with Crippen molar-refractivity contribution in [3.8, 4) is 0 Å². The highest BCUT2D eigenvalue weighted by Crippen LogP contribution is 2.62. The number of allylic oxidation sites excluding steroid dienone is 2. The van der Waals surface area contributed by atoms with Crippen LogP contribution < -0.4 is 0 Å². The minimum absolute atomic E-state index is 0.209. The van der Waals surface area contributed by atoms with Gasteiger partial charge in [0.2, 0.25) is 0 Å². The Morgan fingerprint density at radius 2 is 2.12 bits per heavy atom. The fourth-order valence-electron chi connectivity index (χ4n) is 4.13. The van der Waals surface area contributed by atoms with Gasteiger partial charge in [-0.1, -0.05) is 30.7 Å². The van der Waals surface area contributed by atoms with Crippen LogP contribution in [0.5, 0.6) is 0 Å². The van der Waals surface area contributed by atoms with Crippen molar-refractivity contribution in [2.75, 3.05) is 0 Å².